The minimum absolute atomic E-state index is 0.160. The molecule has 0 atom stereocenters. The Labute approximate surface area is 118 Å². The van der Waals surface area contributed by atoms with Gasteiger partial charge in [-0.3, -0.25) is 10.1 Å². The van der Waals surface area contributed by atoms with E-state index in [1.807, 2.05) is 0 Å². The van der Waals surface area contributed by atoms with Crippen LogP contribution in [0.3, 0.4) is 0 Å². The third-order valence-corrected chi connectivity index (χ3v) is 3.58. The van der Waals surface area contributed by atoms with E-state index >= 15 is 0 Å². The van der Waals surface area contributed by atoms with Crippen molar-refractivity contribution in [3.63, 3.8) is 0 Å². The predicted octanol–water partition coefficient (Wildman–Crippen LogP) is 4.26. The molecular formula is C12H12ClF3N2O2. The Balaban J connectivity index is 2.51. The predicted molar refractivity (Wildman–Crippen MR) is 69.2 cm³/mol. The second-order valence-electron chi connectivity index (χ2n) is 4.62. The Hall–Kier alpha value is -1.50. The van der Waals surface area contributed by atoms with Gasteiger partial charge < -0.3 is 4.90 Å². The van der Waals surface area contributed by atoms with Gasteiger partial charge in [-0.05, 0) is 25.3 Å². The van der Waals surface area contributed by atoms with Crippen LogP contribution >= 0.6 is 11.6 Å². The third kappa shape index (κ3) is 2.98. The highest BCUT2D eigenvalue weighted by Crippen LogP contribution is 2.41. The van der Waals surface area contributed by atoms with E-state index in [9.17, 15) is 23.3 Å². The summed E-state index contributed by atoms with van der Waals surface area (Å²) in [6.45, 7) is 1.17. The maximum absolute atomic E-state index is 12.7. The van der Waals surface area contributed by atoms with E-state index in [4.69, 9.17) is 11.6 Å². The molecule has 1 aromatic rings. The summed E-state index contributed by atoms with van der Waals surface area (Å²) in [5.74, 6) is 0. The van der Waals surface area contributed by atoms with E-state index in [0.29, 0.717) is 19.2 Å². The zero-order chi connectivity index (χ0) is 14.9. The van der Waals surface area contributed by atoms with Crippen LogP contribution in [0.5, 0.6) is 0 Å². The molecule has 0 radical (unpaired) electrons. The average molecular weight is 309 g/mol. The second kappa shape index (κ2) is 5.47. The van der Waals surface area contributed by atoms with Gasteiger partial charge in [-0.1, -0.05) is 11.6 Å². The molecule has 0 amide bonds. The number of rotatable bonds is 2. The summed E-state index contributed by atoms with van der Waals surface area (Å²) in [7, 11) is 0. The smallest absolute Gasteiger partial charge is 0.366 e. The van der Waals surface area contributed by atoms with Crippen LogP contribution in [-0.2, 0) is 6.18 Å². The lowest BCUT2D eigenvalue weighted by atomic mass is 10.1. The Kier molecular flexibility index (Phi) is 4.08. The van der Waals surface area contributed by atoms with Crippen LogP contribution in [0, 0.1) is 10.1 Å². The van der Waals surface area contributed by atoms with Gasteiger partial charge in [-0.15, -0.1) is 0 Å². The minimum Gasteiger partial charge on any atom is -0.366 e. The molecule has 1 fully saturated rings. The molecule has 110 valence electrons. The van der Waals surface area contributed by atoms with E-state index in [0.717, 1.165) is 25.3 Å². The summed E-state index contributed by atoms with van der Waals surface area (Å²) in [5, 5.41) is 10.5. The van der Waals surface area contributed by atoms with Gasteiger partial charge in [0.2, 0.25) is 0 Å². The first-order valence-corrected chi connectivity index (χ1v) is 6.48. The quantitative estimate of drug-likeness (QED) is 0.606. The van der Waals surface area contributed by atoms with Crippen LogP contribution in [0.4, 0.5) is 24.5 Å². The Bertz CT molecular complexity index is 528. The number of anilines is 1. The fraction of sp³-hybridized carbons (Fsp3) is 0.500. The highest BCUT2D eigenvalue weighted by Gasteiger charge is 2.36. The van der Waals surface area contributed by atoms with E-state index in [2.05, 4.69) is 0 Å². The van der Waals surface area contributed by atoms with Gasteiger partial charge >= 0.3 is 6.18 Å². The van der Waals surface area contributed by atoms with Crippen LogP contribution in [0.25, 0.3) is 0 Å². The normalized spacial score (nSPS) is 16.3. The molecule has 20 heavy (non-hydrogen) atoms. The van der Waals surface area contributed by atoms with Crippen molar-refractivity contribution in [1.82, 2.24) is 0 Å². The van der Waals surface area contributed by atoms with Crippen LogP contribution in [-0.4, -0.2) is 18.0 Å². The lowest BCUT2D eigenvalue weighted by molar-refractivity contribution is -0.384. The zero-order valence-electron chi connectivity index (χ0n) is 10.4. The summed E-state index contributed by atoms with van der Waals surface area (Å²) < 4.78 is 38.2. The highest BCUT2D eigenvalue weighted by atomic mass is 35.5. The van der Waals surface area contributed by atoms with Crippen molar-refractivity contribution in [2.45, 2.75) is 25.4 Å². The lowest BCUT2D eigenvalue weighted by Crippen LogP contribution is -2.30. The van der Waals surface area contributed by atoms with E-state index < -0.39 is 27.4 Å². The summed E-state index contributed by atoms with van der Waals surface area (Å²) in [6.07, 6.45) is -1.98. The summed E-state index contributed by atoms with van der Waals surface area (Å²) in [6, 6.07) is 1.57. The number of halogens is 4. The first kappa shape index (κ1) is 14.9. The lowest BCUT2D eigenvalue weighted by Gasteiger charge is -2.28. The molecule has 2 rings (SSSR count). The van der Waals surface area contributed by atoms with Gasteiger partial charge in [0.15, 0.2) is 0 Å². The van der Waals surface area contributed by atoms with Gasteiger partial charge in [0, 0.05) is 19.2 Å². The summed E-state index contributed by atoms with van der Waals surface area (Å²) in [4.78, 5) is 11.9. The van der Waals surface area contributed by atoms with Crippen LogP contribution < -0.4 is 4.90 Å². The van der Waals surface area contributed by atoms with Crippen LogP contribution in [0.2, 0.25) is 5.02 Å². The van der Waals surface area contributed by atoms with Gasteiger partial charge in [-0.25, -0.2) is 0 Å². The van der Waals surface area contributed by atoms with E-state index in [1.54, 1.807) is 4.90 Å². The first-order chi connectivity index (χ1) is 9.30. The Morgan fingerprint density at radius 3 is 2.30 bits per heavy atom. The van der Waals surface area contributed by atoms with Crippen molar-refractivity contribution < 1.29 is 18.1 Å². The molecule has 0 aliphatic carbocycles. The zero-order valence-corrected chi connectivity index (χ0v) is 11.2. The molecule has 0 bridgehead atoms. The molecule has 0 spiro atoms. The average Bonchev–Trinajstić information content (AvgIpc) is 2.37. The Morgan fingerprint density at radius 1 is 1.20 bits per heavy atom. The van der Waals surface area contributed by atoms with Crippen molar-refractivity contribution in [3.05, 3.63) is 32.8 Å². The van der Waals surface area contributed by atoms with Crippen LogP contribution in [0.15, 0.2) is 12.1 Å². The highest BCUT2D eigenvalue weighted by molar-refractivity contribution is 6.31. The monoisotopic (exact) mass is 308 g/mol. The van der Waals surface area contributed by atoms with Crippen LogP contribution in [0.1, 0.15) is 24.8 Å². The van der Waals surface area contributed by atoms with Gasteiger partial charge in [0.05, 0.1) is 15.5 Å². The molecule has 8 heteroatoms. The maximum atomic E-state index is 12.7. The van der Waals surface area contributed by atoms with E-state index in [-0.39, 0.29) is 5.69 Å². The van der Waals surface area contributed by atoms with Crippen molar-refractivity contribution in [2.24, 2.45) is 0 Å². The molecule has 0 aromatic heterocycles. The number of hydrogen-bond donors (Lipinski definition) is 0. The van der Waals surface area contributed by atoms with Gasteiger partial charge in [0.25, 0.3) is 5.69 Å². The number of alkyl halides is 3. The fourth-order valence-electron chi connectivity index (χ4n) is 2.30. The summed E-state index contributed by atoms with van der Waals surface area (Å²) >= 11 is 5.64. The number of benzene rings is 1. The number of piperidine rings is 1. The van der Waals surface area contributed by atoms with Crippen molar-refractivity contribution in [3.8, 4) is 0 Å². The molecule has 1 aromatic carbocycles. The molecule has 0 unspecified atom stereocenters. The SMILES string of the molecule is O=[N+]([O-])c1cc(C(F)(F)F)c(Cl)cc1N1CCCCC1. The maximum Gasteiger partial charge on any atom is 0.418 e. The first-order valence-electron chi connectivity index (χ1n) is 6.11. The third-order valence-electron chi connectivity index (χ3n) is 3.26. The van der Waals surface area contributed by atoms with Gasteiger partial charge in [-0.2, -0.15) is 13.2 Å². The molecule has 4 nitrogen and oxygen atoms in total. The minimum atomic E-state index is -4.71. The molecule has 1 aliphatic heterocycles. The van der Waals surface area contributed by atoms with Crippen molar-refractivity contribution >= 4 is 23.0 Å². The van der Waals surface area contributed by atoms with Gasteiger partial charge in [0.1, 0.15) is 5.69 Å². The van der Waals surface area contributed by atoms with E-state index in [1.165, 1.54) is 0 Å². The van der Waals surface area contributed by atoms with Crippen molar-refractivity contribution in [1.29, 1.82) is 0 Å². The molecule has 1 aliphatic rings. The number of nitro benzene ring substituents is 1. The number of nitro groups is 1. The molecule has 0 N–H and O–H groups in total. The summed E-state index contributed by atoms with van der Waals surface area (Å²) in [5.41, 5.74) is -1.57. The number of hydrogen-bond acceptors (Lipinski definition) is 3. The molecular weight excluding hydrogens is 297 g/mol. The van der Waals surface area contributed by atoms with Crippen molar-refractivity contribution in [2.75, 3.05) is 18.0 Å². The largest absolute Gasteiger partial charge is 0.418 e. The second-order valence-corrected chi connectivity index (χ2v) is 5.03. The molecule has 1 heterocycles. The Morgan fingerprint density at radius 2 is 1.80 bits per heavy atom. The topological polar surface area (TPSA) is 46.4 Å². The number of nitrogens with zero attached hydrogens (tertiary/aromatic N) is 2. The molecule has 0 saturated carbocycles. The standard InChI is InChI=1S/C12H12ClF3N2O2/c13-9-7-10(17-4-2-1-3-5-17)11(18(19)20)6-8(9)12(14,15)16/h6-7H,1-5H2. The fourth-order valence-corrected chi connectivity index (χ4v) is 2.57. The molecule has 1 saturated heterocycles.